The molecule has 0 spiro atoms. The zero-order valence-corrected chi connectivity index (χ0v) is 25.6. The Morgan fingerprint density at radius 1 is 0.564 bits per heavy atom. The molecule has 0 saturated heterocycles. The van der Waals surface area contributed by atoms with E-state index < -0.39 is 0 Å². The fourth-order valence-corrected chi connectivity index (χ4v) is 6.85. The molecule has 216 valence electrons. The maximum atomic E-state index is 2.71. The molecule has 1 heterocycles. The molecule has 1 aliphatic rings. The van der Waals surface area contributed by atoms with E-state index in [1.54, 1.807) is 0 Å². The van der Waals surface area contributed by atoms with Crippen LogP contribution in [0.1, 0.15) is 134 Å². The van der Waals surface area contributed by atoms with Gasteiger partial charge in [-0.05, 0) is 30.9 Å². The smallest absolute Gasteiger partial charge is 0.123 e. The fraction of sp³-hybridized carbons (Fsp3) is 0.622. The number of nitrogens with zero attached hydrogens (tertiary/aromatic N) is 2. The second kappa shape index (κ2) is 18.2. The normalized spacial score (nSPS) is 17.7. The molecule has 2 nitrogen and oxygen atoms in total. The van der Waals surface area contributed by atoms with Gasteiger partial charge in [0.25, 0.3) is 0 Å². The maximum absolute atomic E-state index is 2.71. The molecule has 0 amide bonds. The van der Waals surface area contributed by atoms with E-state index in [0.29, 0.717) is 5.92 Å². The molecule has 2 aromatic rings. The summed E-state index contributed by atoms with van der Waals surface area (Å²) in [7, 11) is 0. The van der Waals surface area contributed by atoms with Gasteiger partial charge in [0.1, 0.15) is 5.66 Å². The summed E-state index contributed by atoms with van der Waals surface area (Å²) in [6.45, 7) is 9.17. The summed E-state index contributed by atoms with van der Waals surface area (Å²) in [5.74, 6) is 0.445. The van der Waals surface area contributed by atoms with Crippen molar-refractivity contribution in [1.29, 1.82) is 0 Å². The Bertz CT molecular complexity index is 892. The molecule has 0 saturated carbocycles. The van der Waals surface area contributed by atoms with Gasteiger partial charge >= 0.3 is 0 Å². The third-order valence-electron chi connectivity index (χ3n) is 8.99. The van der Waals surface area contributed by atoms with E-state index >= 15 is 0 Å². The van der Waals surface area contributed by atoms with Crippen LogP contribution in [0.25, 0.3) is 0 Å². The standard InChI is InChI=1S/C37H58N2/c1-4-7-8-9-10-11-12-13-14-15-16-17-18-25-30-39-32-31-38(6-3)37(39,33-34-26-21-19-22-27-34)36(5-2)35-28-23-20-24-29-35/h19-24,26-29,31-32,36H,4-18,25,30,33H2,1-3H3. The monoisotopic (exact) mass is 530 g/mol. The summed E-state index contributed by atoms with van der Waals surface area (Å²) < 4.78 is 0. The molecule has 0 aliphatic carbocycles. The highest BCUT2D eigenvalue weighted by atomic mass is 15.4. The first-order valence-corrected chi connectivity index (χ1v) is 16.6. The van der Waals surface area contributed by atoms with Gasteiger partial charge in [0.15, 0.2) is 0 Å². The average Bonchev–Trinajstić information content (AvgIpc) is 3.31. The molecule has 0 fully saturated rings. The van der Waals surface area contributed by atoms with Gasteiger partial charge in [0, 0.05) is 37.8 Å². The van der Waals surface area contributed by atoms with Crippen LogP contribution in [-0.4, -0.2) is 28.6 Å². The lowest BCUT2D eigenvalue weighted by molar-refractivity contribution is -0.00000798. The lowest BCUT2D eigenvalue weighted by atomic mass is 9.78. The van der Waals surface area contributed by atoms with Crippen molar-refractivity contribution in [1.82, 2.24) is 9.80 Å². The highest BCUT2D eigenvalue weighted by molar-refractivity contribution is 5.30. The quantitative estimate of drug-likeness (QED) is 0.148. The first-order chi connectivity index (χ1) is 19.3. The van der Waals surface area contributed by atoms with Crippen molar-refractivity contribution in [2.75, 3.05) is 13.1 Å². The molecule has 2 atom stereocenters. The van der Waals surface area contributed by atoms with Gasteiger partial charge in [-0.15, -0.1) is 0 Å². The molecule has 2 heteroatoms. The molecule has 1 aliphatic heterocycles. The number of benzene rings is 2. The number of rotatable bonds is 21. The minimum atomic E-state index is -0.0528. The van der Waals surface area contributed by atoms with Gasteiger partial charge in [0.05, 0.1) is 0 Å². The van der Waals surface area contributed by atoms with Crippen molar-refractivity contribution < 1.29 is 0 Å². The Morgan fingerprint density at radius 2 is 1.05 bits per heavy atom. The van der Waals surface area contributed by atoms with Crippen molar-refractivity contribution >= 4 is 0 Å². The number of likely N-dealkylation sites (N-methyl/N-ethyl adjacent to an activating group) is 1. The van der Waals surface area contributed by atoms with Crippen molar-refractivity contribution in [2.45, 2.75) is 135 Å². The van der Waals surface area contributed by atoms with Crippen molar-refractivity contribution in [3.05, 3.63) is 84.2 Å². The van der Waals surface area contributed by atoms with Crippen LogP contribution in [0.4, 0.5) is 0 Å². The summed E-state index contributed by atoms with van der Waals surface area (Å²) >= 11 is 0. The van der Waals surface area contributed by atoms with Crippen LogP contribution in [0.5, 0.6) is 0 Å². The van der Waals surface area contributed by atoms with Gasteiger partial charge in [-0.3, -0.25) is 0 Å². The highest BCUT2D eigenvalue weighted by Gasteiger charge is 2.48. The summed E-state index contributed by atoms with van der Waals surface area (Å²) in [6.07, 6.45) is 26.7. The van der Waals surface area contributed by atoms with E-state index in [1.807, 2.05) is 0 Å². The highest BCUT2D eigenvalue weighted by Crippen LogP contribution is 2.45. The summed E-state index contributed by atoms with van der Waals surface area (Å²) in [5, 5.41) is 0. The summed E-state index contributed by atoms with van der Waals surface area (Å²) in [5.41, 5.74) is 2.84. The Morgan fingerprint density at radius 3 is 1.56 bits per heavy atom. The molecule has 39 heavy (non-hydrogen) atoms. The van der Waals surface area contributed by atoms with Gasteiger partial charge in [-0.25, -0.2) is 0 Å². The van der Waals surface area contributed by atoms with Crippen LogP contribution in [0.2, 0.25) is 0 Å². The molecule has 0 radical (unpaired) electrons. The maximum Gasteiger partial charge on any atom is 0.123 e. The molecule has 0 aromatic heterocycles. The first-order valence-electron chi connectivity index (χ1n) is 16.6. The van der Waals surface area contributed by atoms with E-state index in [9.17, 15) is 0 Å². The molecule has 3 rings (SSSR count). The van der Waals surface area contributed by atoms with E-state index in [0.717, 1.165) is 25.9 Å². The van der Waals surface area contributed by atoms with Crippen molar-refractivity contribution in [3.63, 3.8) is 0 Å². The summed E-state index contributed by atoms with van der Waals surface area (Å²) in [4.78, 5) is 5.34. The van der Waals surface area contributed by atoms with Crippen LogP contribution >= 0.6 is 0 Å². The Hall–Kier alpha value is -2.22. The lowest BCUT2D eigenvalue weighted by Gasteiger charge is -2.51. The second-order valence-electron chi connectivity index (χ2n) is 11.8. The van der Waals surface area contributed by atoms with E-state index in [1.165, 1.54) is 101 Å². The topological polar surface area (TPSA) is 6.48 Å². The van der Waals surface area contributed by atoms with Crippen LogP contribution in [0.15, 0.2) is 73.1 Å². The van der Waals surface area contributed by atoms with E-state index in [4.69, 9.17) is 0 Å². The molecular weight excluding hydrogens is 472 g/mol. The molecule has 2 aromatic carbocycles. The van der Waals surface area contributed by atoms with Gasteiger partial charge in [-0.1, -0.05) is 158 Å². The Kier molecular flexibility index (Phi) is 14.6. The van der Waals surface area contributed by atoms with Gasteiger partial charge in [0.2, 0.25) is 0 Å². The second-order valence-corrected chi connectivity index (χ2v) is 11.8. The zero-order chi connectivity index (χ0) is 27.6. The predicted octanol–water partition coefficient (Wildman–Crippen LogP) is 10.7. The van der Waals surface area contributed by atoms with Crippen molar-refractivity contribution in [2.24, 2.45) is 0 Å². The minimum absolute atomic E-state index is 0.0528. The van der Waals surface area contributed by atoms with Gasteiger partial charge < -0.3 is 9.80 Å². The summed E-state index contributed by atoms with van der Waals surface area (Å²) in [6, 6.07) is 22.4. The van der Waals surface area contributed by atoms with Crippen LogP contribution in [0.3, 0.4) is 0 Å². The average molecular weight is 531 g/mol. The third kappa shape index (κ3) is 9.44. The molecular formula is C37H58N2. The van der Waals surface area contributed by atoms with Crippen LogP contribution in [-0.2, 0) is 6.42 Å². The molecule has 0 bridgehead atoms. The largest absolute Gasteiger partial charge is 0.353 e. The SMILES string of the molecule is CCCCCCCCCCCCCCCCN1C=CN(CC)C1(Cc1ccccc1)C(CC)c1ccccc1. The van der Waals surface area contributed by atoms with Crippen LogP contribution in [0, 0.1) is 0 Å². The Labute approximate surface area is 241 Å². The molecule has 0 N–H and O–H groups in total. The van der Waals surface area contributed by atoms with Gasteiger partial charge in [-0.2, -0.15) is 0 Å². The number of hydrogen-bond acceptors (Lipinski definition) is 2. The third-order valence-corrected chi connectivity index (χ3v) is 8.99. The fourth-order valence-electron chi connectivity index (χ4n) is 6.85. The predicted molar refractivity (Wildman–Crippen MR) is 171 cm³/mol. The zero-order valence-electron chi connectivity index (χ0n) is 25.6. The molecule has 2 unspecified atom stereocenters. The lowest BCUT2D eigenvalue weighted by Crippen LogP contribution is -2.59. The van der Waals surface area contributed by atoms with Crippen LogP contribution < -0.4 is 0 Å². The number of unbranched alkanes of at least 4 members (excludes halogenated alkanes) is 13. The number of hydrogen-bond donors (Lipinski definition) is 0. The Balaban J connectivity index is 1.51. The minimum Gasteiger partial charge on any atom is -0.353 e. The van der Waals surface area contributed by atoms with Crippen molar-refractivity contribution in [3.8, 4) is 0 Å². The van der Waals surface area contributed by atoms with E-state index in [2.05, 4.69) is 104 Å². The first kappa shape index (κ1) is 31.3. The van der Waals surface area contributed by atoms with E-state index in [-0.39, 0.29) is 5.66 Å².